The summed E-state index contributed by atoms with van der Waals surface area (Å²) < 4.78 is 0.317. The van der Waals surface area contributed by atoms with E-state index in [1.54, 1.807) is 0 Å². The number of carbonyl (C=O) groups excluding carboxylic acids is 1. The van der Waals surface area contributed by atoms with E-state index in [1.807, 2.05) is 6.92 Å². The molecule has 0 fully saturated rings. The zero-order chi connectivity index (χ0) is 14.4. The van der Waals surface area contributed by atoms with Gasteiger partial charge in [-0.25, -0.2) is 0 Å². The highest BCUT2D eigenvalue weighted by molar-refractivity contribution is 9.10. The summed E-state index contributed by atoms with van der Waals surface area (Å²) in [4.78, 5) is 21.9. The molecule has 0 bridgehead atoms. The van der Waals surface area contributed by atoms with Gasteiger partial charge in [-0.2, -0.15) is 0 Å². The normalized spacial score (nSPS) is 11.9. The van der Waals surface area contributed by atoms with Gasteiger partial charge in [0.25, 0.3) is 5.69 Å². The van der Waals surface area contributed by atoms with Gasteiger partial charge in [0.15, 0.2) is 0 Å². The molecule has 0 aliphatic carbocycles. The maximum Gasteiger partial charge on any atom is 0.283 e. The van der Waals surface area contributed by atoms with E-state index in [0.29, 0.717) is 16.6 Å². The van der Waals surface area contributed by atoms with Crippen LogP contribution in [0.4, 0.5) is 11.4 Å². The van der Waals surface area contributed by atoms with E-state index in [4.69, 9.17) is 5.73 Å². The monoisotopic (exact) mass is 329 g/mol. The fourth-order valence-corrected chi connectivity index (χ4v) is 2.05. The number of rotatable bonds is 6. The molecule has 0 heterocycles. The standard InChI is InChI=1S/C12H16BrN3O3/c1-2-3-4-10(14)12(17)15-8-5-6-11(16(18)19)9(13)7-8/h5-7,10H,2-4,14H2,1H3,(H,15,17). The van der Waals surface area contributed by atoms with Crippen molar-refractivity contribution < 1.29 is 9.72 Å². The smallest absolute Gasteiger partial charge is 0.283 e. The molecule has 19 heavy (non-hydrogen) atoms. The lowest BCUT2D eigenvalue weighted by atomic mass is 10.1. The van der Waals surface area contributed by atoms with Crippen LogP contribution in [0.2, 0.25) is 0 Å². The van der Waals surface area contributed by atoms with Crippen LogP contribution < -0.4 is 11.1 Å². The Hall–Kier alpha value is -1.47. The quantitative estimate of drug-likeness (QED) is 0.619. The number of nitrogens with zero attached hydrogens (tertiary/aromatic N) is 1. The Morgan fingerprint density at radius 3 is 2.79 bits per heavy atom. The van der Waals surface area contributed by atoms with Crippen LogP contribution in [0.3, 0.4) is 0 Å². The third-order valence-electron chi connectivity index (χ3n) is 2.62. The molecule has 1 rings (SSSR count). The van der Waals surface area contributed by atoms with Crippen LogP contribution in [-0.4, -0.2) is 16.9 Å². The molecule has 6 nitrogen and oxygen atoms in total. The van der Waals surface area contributed by atoms with Gasteiger partial charge in [0, 0.05) is 11.8 Å². The van der Waals surface area contributed by atoms with Crippen molar-refractivity contribution in [3.05, 3.63) is 32.8 Å². The van der Waals surface area contributed by atoms with E-state index < -0.39 is 11.0 Å². The summed E-state index contributed by atoms with van der Waals surface area (Å²) in [5, 5.41) is 13.3. The number of hydrogen-bond acceptors (Lipinski definition) is 4. The number of nitro groups is 1. The Morgan fingerprint density at radius 2 is 2.26 bits per heavy atom. The summed E-state index contributed by atoms with van der Waals surface area (Å²) in [7, 11) is 0. The second-order valence-electron chi connectivity index (χ2n) is 4.16. The second kappa shape index (κ2) is 7.20. The van der Waals surface area contributed by atoms with Crippen LogP contribution in [0.5, 0.6) is 0 Å². The number of nitrogens with two attached hydrogens (primary N) is 1. The van der Waals surface area contributed by atoms with Gasteiger partial charge in [0.2, 0.25) is 5.91 Å². The summed E-state index contributed by atoms with van der Waals surface area (Å²) in [6.45, 7) is 2.03. The molecule has 0 saturated heterocycles. The van der Waals surface area contributed by atoms with Crippen molar-refractivity contribution in [2.24, 2.45) is 5.73 Å². The summed E-state index contributed by atoms with van der Waals surface area (Å²) in [5.41, 5.74) is 6.17. The van der Waals surface area contributed by atoms with Crippen molar-refractivity contribution in [2.45, 2.75) is 32.2 Å². The SMILES string of the molecule is CCCCC(N)C(=O)Nc1ccc([N+](=O)[O-])c(Br)c1. The van der Waals surface area contributed by atoms with Crippen molar-refractivity contribution in [1.82, 2.24) is 0 Å². The van der Waals surface area contributed by atoms with Crippen LogP contribution in [0.15, 0.2) is 22.7 Å². The molecule has 0 radical (unpaired) electrons. The molecule has 1 unspecified atom stereocenters. The zero-order valence-corrected chi connectivity index (χ0v) is 12.1. The highest BCUT2D eigenvalue weighted by Crippen LogP contribution is 2.27. The summed E-state index contributed by atoms with van der Waals surface area (Å²) in [5.74, 6) is -0.283. The first-order valence-electron chi connectivity index (χ1n) is 5.96. The molecule has 0 aliphatic rings. The number of amides is 1. The Morgan fingerprint density at radius 1 is 1.58 bits per heavy atom. The Bertz CT molecular complexity index is 479. The molecule has 3 N–H and O–H groups in total. The molecule has 7 heteroatoms. The number of carbonyl (C=O) groups is 1. The van der Waals surface area contributed by atoms with Gasteiger partial charge in [-0.3, -0.25) is 14.9 Å². The van der Waals surface area contributed by atoms with Gasteiger partial charge in [-0.1, -0.05) is 19.8 Å². The topological polar surface area (TPSA) is 98.3 Å². The molecule has 0 spiro atoms. The van der Waals surface area contributed by atoms with Gasteiger partial charge >= 0.3 is 0 Å². The second-order valence-corrected chi connectivity index (χ2v) is 5.02. The molecule has 1 aromatic rings. The minimum atomic E-state index is -0.561. The largest absolute Gasteiger partial charge is 0.325 e. The van der Waals surface area contributed by atoms with Crippen LogP contribution >= 0.6 is 15.9 Å². The zero-order valence-electron chi connectivity index (χ0n) is 10.6. The first-order chi connectivity index (χ1) is 8.95. The molecular formula is C12H16BrN3O3. The maximum absolute atomic E-state index is 11.8. The van der Waals surface area contributed by atoms with Gasteiger partial charge in [0.1, 0.15) is 0 Å². The maximum atomic E-state index is 11.8. The number of hydrogen-bond donors (Lipinski definition) is 2. The van der Waals surface area contributed by atoms with E-state index in [1.165, 1.54) is 18.2 Å². The first kappa shape index (κ1) is 15.6. The molecule has 0 saturated carbocycles. The van der Waals surface area contributed by atoms with Crippen molar-refractivity contribution in [3.63, 3.8) is 0 Å². The molecule has 0 aromatic heterocycles. The van der Waals surface area contributed by atoms with Gasteiger partial charge in [-0.05, 0) is 34.5 Å². The predicted octanol–water partition coefficient (Wildman–Crippen LogP) is 2.81. The Labute approximate surface area is 119 Å². The van der Waals surface area contributed by atoms with Gasteiger partial charge < -0.3 is 11.1 Å². The third-order valence-corrected chi connectivity index (χ3v) is 3.25. The Balaban J connectivity index is 2.70. The summed E-state index contributed by atoms with van der Waals surface area (Å²) in [6, 6.07) is 3.74. The molecule has 1 atom stereocenters. The lowest BCUT2D eigenvalue weighted by molar-refractivity contribution is -0.385. The number of anilines is 1. The van der Waals surface area contributed by atoms with E-state index >= 15 is 0 Å². The summed E-state index contributed by atoms with van der Waals surface area (Å²) in [6.07, 6.45) is 2.49. The lowest BCUT2D eigenvalue weighted by Crippen LogP contribution is -2.35. The van der Waals surface area contributed by atoms with Crippen molar-refractivity contribution in [1.29, 1.82) is 0 Å². The molecule has 1 amide bonds. The highest BCUT2D eigenvalue weighted by Gasteiger charge is 2.15. The highest BCUT2D eigenvalue weighted by atomic mass is 79.9. The number of nitro benzene ring substituents is 1. The Kier molecular flexibility index (Phi) is 5.91. The minimum absolute atomic E-state index is 0.0479. The van der Waals surface area contributed by atoms with Crippen molar-refractivity contribution in [2.75, 3.05) is 5.32 Å². The minimum Gasteiger partial charge on any atom is -0.325 e. The van der Waals surface area contributed by atoms with Gasteiger partial charge in [-0.15, -0.1) is 0 Å². The van der Waals surface area contributed by atoms with Crippen LogP contribution in [0, 0.1) is 10.1 Å². The number of unbranched alkanes of at least 4 members (excludes halogenated alkanes) is 1. The third kappa shape index (κ3) is 4.60. The number of nitrogens with one attached hydrogen (secondary N) is 1. The van der Waals surface area contributed by atoms with E-state index in [0.717, 1.165) is 12.8 Å². The fraction of sp³-hybridized carbons (Fsp3) is 0.417. The van der Waals surface area contributed by atoms with E-state index in [9.17, 15) is 14.9 Å². The van der Waals surface area contributed by atoms with E-state index in [2.05, 4.69) is 21.2 Å². The van der Waals surface area contributed by atoms with Crippen LogP contribution in [-0.2, 0) is 4.79 Å². The van der Waals surface area contributed by atoms with Crippen LogP contribution in [0.1, 0.15) is 26.2 Å². The van der Waals surface area contributed by atoms with Gasteiger partial charge in [0.05, 0.1) is 15.4 Å². The predicted molar refractivity (Wildman–Crippen MR) is 76.9 cm³/mol. The van der Waals surface area contributed by atoms with Crippen LogP contribution in [0.25, 0.3) is 0 Å². The van der Waals surface area contributed by atoms with Crippen molar-refractivity contribution >= 4 is 33.2 Å². The fourth-order valence-electron chi connectivity index (χ4n) is 1.52. The molecule has 104 valence electrons. The number of benzene rings is 1. The van der Waals surface area contributed by atoms with E-state index in [-0.39, 0.29) is 11.6 Å². The first-order valence-corrected chi connectivity index (χ1v) is 6.75. The van der Waals surface area contributed by atoms with Crippen molar-refractivity contribution in [3.8, 4) is 0 Å². The lowest BCUT2D eigenvalue weighted by Gasteiger charge is -2.11. The molecule has 1 aromatic carbocycles. The average Bonchev–Trinajstić information content (AvgIpc) is 2.35. The molecule has 0 aliphatic heterocycles. The summed E-state index contributed by atoms with van der Waals surface area (Å²) >= 11 is 3.09. The molecular weight excluding hydrogens is 314 g/mol. The average molecular weight is 330 g/mol. The number of halogens is 1.